The number of phenolic OH excluding ortho intramolecular Hbond substituents is 1. The fourth-order valence-corrected chi connectivity index (χ4v) is 2.25. The first-order valence-electron chi connectivity index (χ1n) is 7.55. The molecule has 0 spiro atoms. The first-order valence-corrected chi connectivity index (χ1v) is 7.55. The zero-order valence-corrected chi connectivity index (χ0v) is 13.6. The van der Waals surface area contributed by atoms with Gasteiger partial charge in [-0.25, -0.2) is 14.2 Å². The van der Waals surface area contributed by atoms with Gasteiger partial charge in [0.05, 0.1) is 6.61 Å². The van der Waals surface area contributed by atoms with Crippen molar-refractivity contribution >= 4 is 23.1 Å². The molecular weight excluding hydrogens is 327 g/mol. The molecule has 0 amide bonds. The van der Waals surface area contributed by atoms with Crippen molar-refractivity contribution in [2.24, 2.45) is 10.2 Å². The van der Waals surface area contributed by atoms with E-state index in [1.165, 1.54) is 22.6 Å². The van der Waals surface area contributed by atoms with Crippen LogP contribution in [0.4, 0.5) is 15.9 Å². The first kappa shape index (κ1) is 16.6. The molecule has 0 aliphatic rings. The number of halogens is 1. The maximum atomic E-state index is 13.6. The number of imidazole rings is 1. The van der Waals surface area contributed by atoms with Crippen LogP contribution in [0.15, 0.2) is 46.8 Å². The minimum Gasteiger partial charge on any atom is -0.506 e. The number of aromatic nitrogens is 2. The number of carbonyl (C=O) groups is 1. The van der Waals surface area contributed by atoms with Gasteiger partial charge in [0, 0.05) is 6.20 Å². The molecule has 7 nitrogen and oxygen atoms in total. The fraction of sp³-hybridized carbons (Fsp3) is 0.176. The number of carbonyl (C=O) groups excluding carboxylic acids is 1. The summed E-state index contributed by atoms with van der Waals surface area (Å²) in [6, 6.07) is 7.49. The smallest absolute Gasteiger partial charge is 0.360 e. The Morgan fingerprint density at radius 1 is 1.32 bits per heavy atom. The maximum Gasteiger partial charge on any atom is 0.360 e. The van der Waals surface area contributed by atoms with Gasteiger partial charge >= 0.3 is 5.97 Å². The molecule has 0 unspecified atom stereocenters. The van der Waals surface area contributed by atoms with E-state index in [2.05, 4.69) is 15.2 Å². The van der Waals surface area contributed by atoms with Crippen LogP contribution in [0.5, 0.6) is 5.75 Å². The molecule has 0 aliphatic heterocycles. The number of aryl methyl sites for hydroxylation is 1. The molecule has 0 fully saturated rings. The maximum absolute atomic E-state index is 13.6. The number of rotatable bonds is 4. The molecule has 0 saturated carbocycles. The topological polar surface area (TPSA) is 88.5 Å². The van der Waals surface area contributed by atoms with Gasteiger partial charge in [-0.3, -0.25) is 4.40 Å². The highest BCUT2D eigenvalue weighted by Gasteiger charge is 2.20. The SMILES string of the molecule is CCOC(=O)c1nc2ccc(F)cn2c1N=Nc1cc(C)ccc1O. The third kappa shape index (κ3) is 3.32. The summed E-state index contributed by atoms with van der Waals surface area (Å²) in [6.45, 7) is 3.67. The predicted octanol–water partition coefficient (Wildman–Crippen LogP) is 4.08. The van der Waals surface area contributed by atoms with E-state index in [9.17, 15) is 14.3 Å². The Balaban J connectivity index is 2.13. The quantitative estimate of drug-likeness (QED) is 0.571. The number of esters is 1. The van der Waals surface area contributed by atoms with Crippen LogP contribution in [-0.2, 0) is 4.74 Å². The summed E-state index contributed by atoms with van der Waals surface area (Å²) < 4.78 is 19.8. The molecule has 3 aromatic rings. The summed E-state index contributed by atoms with van der Waals surface area (Å²) in [5, 5.41) is 17.8. The number of hydrogen-bond donors (Lipinski definition) is 1. The van der Waals surface area contributed by atoms with Crippen molar-refractivity contribution in [3.05, 3.63) is 53.6 Å². The zero-order valence-electron chi connectivity index (χ0n) is 13.6. The fourth-order valence-electron chi connectivity index (χ4n) is 2.25. The van der Waals surface area contributed by atoms with Crippen molar-refractivity contribution < 1.29 is 19.0 Å². The Hall–Kier alpha value is -3.29. The van der Waals surface area contributed by atoms with Crippen LogP contribution in [-0.4, -0.2) is 27.1 Å². The van der Waals surface area contributed by atoms with Crippen molar-refractivity contribution in [2.75, 3.05) is 6.61 Å². The number of hydrogen-bond acceptors (Lipinski definition) is 6. The molecule has 1 aromatic carbocycles. The van der Waals surface area contributed by atoms with E-state index in [0.717, 1.165) is 11.8 Å². The van der Waals surface area contributed by atoms with Gasteiger partial charge in [0.15, 0.2) is 11.5 Å². The number of ether oxygens (including phenoxy) is 1. The molecular formula is C17H15FN4O3. The Kier molecular flexibility index (Phi) is 4.42. The van der Waals surface area contributed by atoms with E-state index in [1.54, 1.807) is 19.1 Å². The van der Waals surface area contributed by atoms with Crippen LogP contribution >= 0.6 is 0 Å². The lowest BCUT2D eigenvalue weighted by Crippen LogP contribution is -2.05. The standard InChI is InChI=1S/C17H15FN4O3/c1-3-25-17(24)15-16(22-9-11(18)5-7-14(22)19-15)21-20-12-8-10(2)4-6-13(12)23/h4-9,23H,3H2,1-2H3. The molecule has 0 saturated heterocycles. The summed E-state index contributed by atoms with van der Waals surface area (Å²) in [5.41, 5.74) is 1.35. The highest BCUT2D eigenvalue weighted by atomic mass is 19.1. The number of aromatic hydroxyl groups is 1. The Labute approximate surface area is 142 Å². The van der Waals surface area contributed by atoms with Gasteiger partial charge in [0.2, 0.25) is 0 Å². The number of phenols is 1. The van der Waals surface area contributed by atoms with E-state index in [-0.39, 0.29) is 29.6 Å². The average Bonchev–Trinajstić information content (AvgIpc) is 2.94. The van der Waals surface area contributed by atoms with E-state index >= 15 is 0 Å². The van der Waals surface area contributed by atoms with Gasteiger partial charge in [-0.1, -0.05) is 6.07 Å². The monoisotopic (exact) mass is 342 g/mol. The van der Waals surface area contributed by atoms with Gasteiger partial charge < -0.3 is 9.84 Å². The predicted molar refractivity (Wildman–Crippen MR) is 88.1 cm³/mol. The minimum atomic E-state index is -0.686. The highest BCUT2D eigenvalue weighted by molar-refractivity contribution is 5.93. The lowest BCUT2D eigenvalue weighted by atomic mass is 10.2. The van der Waals surface area contributed by atoms with Crippen molar-refractivity contribution in [1.82, 2.24) is 9.38 Å². The Morgan fingerprint density at radius 3 is 2.88 bits per heavy atom. The van der Waals surface area contributed by atoms with Gasteiger partial charge in [-0.05, 0) is 43.7 Å². The van der Waals surface area contributed by atoms with Crippen LogP contribution in [0.25, 0.3) is 5.65 Å². The largest absolute Gasteiger partial charge is 0.506 e. The molecule has 1 N–H and O–H groups in total. The lowest BCUT2D eigenvalue weighted by Gasteiger charge is -2.01. The minimum absolute atomic E-state index is 0.0221. The van der Waals surface area contributed by atoms with Crippen molar-refractivity contribution in [3.63, 3.8) is 0 Å². The van der Waals surface area contributed by atoms with Crippen LogP contribution in [0, 0.1) is 12.7 Å². The van der Waals surface area contributed by atoms with Gasteiger partial charge in [0.1, 0.15) is 22.9 Å². The van der Waals surface area contributed by atoms with Crippen LogP contribution in [0.2, 0.25) is 0 Å². The van der Waals surface area contributed by atoms with Crippen molar-refractivity contribution in [3.8, 4) is 5.75 Å². The van der Waals surface area contributed by atoms with Gasteiger partial charge in [0.25, 0.3) is 0 Å². The lowest BCUT2D eigenvalue weighted by molar-refractivity contribution is 0.0521. The highest BCUT2D eigenvalue weighted by Crippen LogP contribution is 2.30. The molecule has 25 heavy (non-hydrogen) atoms. The first-order chi connectivity index (χ1) is 12.0. The molecule has 2 aromatic heterocycles. The zero-order chi connectivity index (χ0) is 18.0. The Morgan fingerprint density at radius 2 is 2.12 bits per heavy atom. The number of nitrogens with zero attached hydrogens (tertiary/aromatic N) is 4. The number of benzene rings is 1. The second kappa shape index (κ2) is 6.68. The summed E-state index contributed by atoms with van der Waals surface area (Å²) >= 11 is 0. The van der Waals surface area contributed by atoms with E-state index in [4.69, 9.17) is 4.74 Å². The summed E-state index contributed by atoms with van der Waals surface area (Å²) in [6.07, 6.45) is 1.15. The summed E-state index contributed by atoms with van der Waals surface area (Å²) in [5.74, 6) is -1.25. The van der Waals surface area contributed by atoms with Crippen LogP contribution in [0.1, 0.15) is 23.0 Å². The number of azo groups is 1. The molecule has 0 atom stereocenters. The third-order valence-corrected chi connectivity index (χ3v) is 3.41. The molecule has 8 heteroatoms. The van der Waals surface area contributed by atoms with Crippen LogP contribution in [0.3, 0.4) is 0 Å². The molecule has 0 radical (unpaired) electrons. The molecule has 3 rings (SSSR count). The van der Waals surface area contributed by atoms with Crippen molar-refractivity contribution in [2.45, 2.75) is 13.8 Å². The van der Waals surface area contributed by atoms with Gasteiger partial charge in [-0.2, -0.15) is 0 Å². The summed E-state index contributed by atoms with van der Waals surface area (Å²) in [7, 11) is 0. The normalized spacial score (nSPS) is 11.3. The third-order valence-electron chi connectivity index (χ3n) is 3.41. The van der Waals surface area contributed by atoms with Crippen LogP contribution < -0.4 is 0 Å². The second-order valence-electron chi connectivity index (χ2n) is 5.27. The van der Waals surface area contributed by atoms with E-state index < -0.39 is 11.8 Å². The number of pyridine rings is 1. The van der Waals surface area contributed by atoms with E-state index in [0.29, 0.717) is 5.65 Å². The van der Waals surface area contributed by atoms with Gasteiger partial charge in [-0.15, -0.1) is 10.2 Å². The van der Waals surface area contributed by atoms with E-state index in [1.807, 2.05) is 6.92 Å². The average molecular weight is 342 g/mol. The molecule has 0 bridgehead atoms. The number of fused-ring (bicyclic) bond motifs is 1. The van der Waals surface area contributed by atoms with Crippen molar-refractivity contribution in [1.29, 1.82) is 0 Å². The summed E-state index contributed by atoms with van der Waals surface area (Å²) in [4.78, 5) is 16.2. The molecule has 128 valence electrons. The second-order valence-corrected chi connectivity index (χ2v) is 5.27. The Bertz CT molecular complexity index is 981. The molecule has 0 aliphatic carbocycles. The molecule has 2 heterocycles.